The van der Waals surface area contributed by atoms with Crippen LogP contribution in [0.3, 0.4) is 0 Å². The van der Waals surface area contributed by atoms with Gasteiger partial charge in [0.15, 0.2) is 17.5 Å². The van der Waals surface area contributed by atoms with E-state index in [9.17, 15) is 23.1 Å². The van der Waals surface area contributed by atoms with Crippen molar-refractivity contribution in [1.82, 2.24) is 10.3 Å². The van der Waals surface area contributed by atoms with E-state index in [4.69, 9.17) is 4.74 Å². The summed E-state index contributed by atoms with van der Waals surface area (Å²) < 4.78 is 45.3. The summed E-state index contributed by atoms with van der Waals surface area (Å²) in [4.78, 5) is 19.0. The quantitative estimate of drug-likeness (QED) is 0.492. The molecular weight excluding hydrogens is 447 g/mol. The number of pyridine rings is 1. The predicted molar refractivity (Wildman–Crippen MR) is 121 cm³/mol. The van der Waals surface area contributed by atoms with Crippen LogP contribution in [-0.4, -0.2) is 48.9 Å². The fourth-order valence-electron chi connectivity index (χ4n) is 4.12. The van der Waals surface area contributed by atoms with Crippen molar-refractivity contribution in [2.75, 3.05) is 31.7 Å². The average molecular weight is 471 g/mol. The number of carbonyl (C=O) groups excluding carboxylic acids is 1. The van der Waals surface area contributed by atoms with Crippen LogP contribution in [-0.2, 0) is 17.6 Å². The SMILES string of the molecule is COCC(O)CNC(=O)c1cccc2c1CCN2c1ccnc(Cc2cc(F)c(F)c(F)c2)c1. The number of aliphatic hydroxyl groups is 1. The number of amides is 1. The van der Waals surface area contributed by atoms with Gasteiger partial charge in [-0.1, -0.05) is 6.07 Å². The highest BCUT2D eigenvalue weighted by Crippen LogP contribution is 2.36. The highest BCUT2D eigenvalue weighted by Gasteiger charge is 2.25. The van der Waals surface area contributed by atoms with Gasteiger partial charge in [0.05, 0.1) is 12.7 Å². The normalized spacial score (nSPS) is 13.6. The monoisotopic (exact) mass is 471 g/mol. The molecule has 2 N–H and O–H groups in total. The van der Waals surface area contributed by atoms with Gasteiger partial charge in [-0.25, -0.2) is 13.2 Å². The molecule has 1 unspecified atom stereocenters. The zero-order chi connectivity index (χ0) is 24.2. The number of ether oxygens (including phenoxy) is 1. The summed E-state index contributed by atoms with van der Waals surface area (Å²) in [5.74, 6) is -4.24. The molecule has 0 bridgehead atoms. The maximum absolute atomic E-state index is 13.6. The number of fused-ring (bicyclic) bond motifs is 1. The number of benzene rings is 2. The van der Waals surface area contributed by atoms with Crippen molar-refractivity contribution in [2.24, 2.45) is 0 Å². The Morgan fingerprint density at radius 3 is 2.71 bits per heavy atom. The first-order valence-electron chi connectivity index (χ1n) is 10.8. The lowest BCUT2D eigenvalue weighted by atomic mass is 10.0. The molecule has 0 aliphatic carbocycles. The van der Waals surface area contributed by atoms with E-state index < -0.39 is 23.6 Å². The minimum Gasteiger partial charge on any atom is -0.389 e. The molecule has 34 heavy (non-hydrogen) atoms. The second-order valence-electron chi connectivity index (χ2n) is 8.08. The molecule has 1 amide bonds. The van der Waals surface area contributed by atoms with E-state index in [-0.39, 0.29) is 31.0 Å². The number of rotatable bonds is 8. The number of carbonyl (C=O) groups is 1. The van der Waals surface area contributed by atoms with E-state index >= 15 is 0 Å². The maximum atomic E-state index is 13.6. The van der Waals surface area contributed by atoms with Crippen molar-refractivity contribution in [1.29, 1.82) is 0 Å². The molecule has 0 spiro atoms. The van der Waals surface area contributed by atoms with Crippen LogP contribution in [0.15, 0.2) is 48.7 Å². The minimum absolute atomic E-state index is 0.0817. The number of methoxy groups -OCH3 is 1. The molecule has 1 aliphatic rings. The highest BCUT2D eigenvalue weighted by molar-refractivity contribution is 5.98. The maximum Gasteiger partial charge on any atom is 0.251 e. The molecule has 0 fully saturated rings. The standard InChI is InChI=1S/C25H24F3N3O3/c1-34-14-18(32)13-30-25(33)20-3-2-4-23-19(20)6-8-31(23)17-5-7-29-16(12-17)9-15-10-21(26)24(28)22(27)11-15/h2-5,7,10-12,18,32H,6,8-9,13-14H2,1H3,(H,30,33). The van der Waals surface area contributed by atoms with Crippen molar-refractivity contribution in [3.63, 3.8) is 0 Å². The molecule has 6 nitrogen and oxygen atoms in total. The van der Waals surface area contributed by atoms with Crippen LogP contribution in [0.1, 0.15) is 27.2 Å². The van der Waals surface area contributed by atoms with Gasteiger partial charge in [0.2, 0.25) is 0 Å². The summed E-state index contributed by atoms with van der Waals surface area (Å²) >= 11 is 0. The van der Waals surface area contributed by atoms with Gasteiger partial charge in [0.1, 0.15) is 0 Å². The number of aliphatic hydroxyl groups excluding tert-OH is 1. The summed E-state index contributed by atoms with van der Waals surface area (Å²) in [7, 11) is 1.48. The Morgan fingerprint density at radius 1 is 1.21 bits per heavy atom. The van der Waals surface area contributed by atoms with Crippen molar-refractivity contribution in [3.05, 3.63) is 88.5 Å². The van der Waals surface area contributed by atoms with Gasteiger partial charge in [-0.15, -0.1) is 0 Å². The fourth-order valence-corrected chi connectivity index (χ4v) is 4.12. The topological polar surface area (TPSA) is 74.7 Å². The van der Waals surface area contributed by atoms with E-state index in [0.29, 0.717) is 24.2 Å². The van der Waals surface area contributed by atoms with Crippen LogP contribution >= 0.6 is 0 Å². The molecular formula is C25H24F3N3O3. The van der Waals surface area contributed by atoms with Crippen LogP contribution in [0.5, 0.6) is 0 Å². The van der Waals surface area contributed by atoms with Crippen molar-refractivity contribution < 1.29 is 27.8 Å². The molecule has 1 aromatic heterocycles. The van der Waals surface area contributed by atoms with Crippen LogP contribution in [0.4, 0.5) is 24.5 Å². The molecule has 9 heteroatoms. The Balaban J connectivity index is 1.54. The number of aromatic nitrogens is 1. The van der Waals surface area contributed by atoms with E-state index in [2.05, 4.69) is 10.3 Å². The van der Waals surface area contributed by atoms with Gasteiger partial charge in [0.25, 0.3) is 5.91 Å². The molecule has 1 aliphatic heterocycles. The van der Waals surface area contributed by atoms with Gasteiger partial charge in [-0.3, -0.25) is 9.78 Å². The summed E-state index contributed by atoms with van der Waals surface area (Å²) in [5.41, 5.74) is 3.97. The third-order valence-corrected chi connectivity index (χ3v) is 5.67. The molecule has 3 aromatic rings. The van der Waals surface area contributed by atoms with Crippen molar-refractivity contribution >= 4 is 17.3 Å². The Bertz CT molecular complexity index is 1180. The first-order chi connectivity index (χ1) is 16.4. The largest absolute Gasteiger partial charge is 0.389 e. The van der Waals surface area contributed by atoms with Gasteiger partial charge < -0.3 is 20.1 Å². The number of hydrogen-bond acceptors (Lipinski definition) is 5. The Morgan fingerprint density at radius 2 is 1.97 bits per heavy atom. The zero-order valence-corrected chi connectivity index (χ0v) is 18.5. The number of nitrogens with zero attached hydrogens (tertiary/aromatic N) is 2. The van der Waals surface area contributed by atoms with Crippen LogP contribution < -0.4 is 10.2 Å². The molecule has 0 radical (unpaired) electrons. The predicted octanol–water partition coefficient (Wildman–Crippen LogP) is 3.52. The highest BCUT2D eigenvalue weighted by atomic mass is 19.2. The Labute approximate surface area is 195 Å². The first kappa shape index (κ1) is 23.7. The zero-order valence-electron chi connectivity index (χ0n) is 18.5. The summed E-state index contributed by atoms with van der Waals surface area (Å²) in [5, 5.41) is 12.5. The van der Waals surface area contributed by atoms with E-state index in [1.54, 1.807) is 18.3 Å². The summed E-state index contributed by atoms with van der Waals surface area (Å²) in [6.45, 7) is 0.843. The molecule has 178 valence electrons. The molecule has 0 saturated carbocycles. The molecule has 1 atom stereocenters. The van der Waals surface area contributed by atoms with Crippen LogP contribution in [0.25, 0.3) is 0 Å². The lowest BCUT2D eigenvalue weighted by molar-refractivity contribution is 0.0609. The lowest BCUT2D eigenvalue weighted by Crippen LogP contribution is -2.34. The van der Waals surface area contributed by atoms with Gasteiger partial charge >= 0.3 is 0 Å². The molecule has 2 heterocycles. The number of halogens is 3. The minimum atomic E-state index is -1.49. The fraction of sp³-hybridized carbons (Fsp3) is 0.280. The van der Waals surface area contributed by atoms with Crippen molar-refractivity contribution in [2.45, 2.75) is 18.9 Å². The smallest absolute Gasteiger partial charge is 0.251 e. The third kappa shape index (κ3) is 5.05. The third-order valence-electron chi connectivity index (χ3n) is 5.67. The second-order valence-corrected chi connectivity index (χ2v) is 8.08. The molecule has 4 rings (SSSR count). The summed E-state index contributed by atoms with van der Waals surface area (Å²) in [6.07, 6.45) is 1.59. The van der Waals surface area contributed by atoms with Gasteiger partial charge in [-0.05, 0) is 53.9 Å². The lowest BCUT2D eigenvalue weighted by Gasteiger charge is -2.20. The Kier molecular flexibility index (Phi) is 7.14. The van der Waals surface area contributed by atoms with E-state index in [1.807, 2.05) is 23.1 Å². The van der Waals surface area contributed by atoms with Crippen LogP contribution in [0, 0.1) is 17.5 Å². The van der Waals surface area contributed by atoms with Crippen molar-refractivity contribution in [3.8, 4) is 0 Å². The molecule has 0 saturated heterocycles. The number of hydrogen-bond donors (Lipinski definition) is 2. The average Bonchev–Trinajstić information content (AvgIpc) is 3.26. The van der Waals surface area contributed by atoms with E-state index in [1.165, 1.54) is 7.11 Å². The molecule has 2 aromatic carbocycles. The first-order valence-corrected chi connectivity index (χ1v) is 10.8. The summed E-state index contributed by atoms with van der Waals surface area (Å²) in [6, 6.07) is 11.0. The number of anilines is 2. The Hall–Kier alpha value is -3.43. The van der Waals surface area contributed by atoms with Gasteiger partial charge in [-0.2, -0.15) is 0 Å². The van der Waals surface area contributed by atoms with Crippen LogP contribution in [0.2, 0.25) is 0 Å². The second kappa shape index (κ2) is 10.2. The number of nitrogens with one attached hydrogen (secondary N) is 1. The van der Waals surface area contributed by atoms with E-state index in [0.717, 1.165) is 29.1 Å². The van der Waals surface area contributed by atoms with Gasteiger partial charge in [0, 0.05) is 55.4 Å².